The van der Waals surface area contributed by atoms with Crippen LogP contribution in [0.15, 0.2) is 47.1 Å². The zero-order valence-corrected chi connectivity index (χ0v) is 14.9. The van der Waals surface area contributed by atoms with E-state index in [0.717, 1.165) is 0 Å². The van der Waals surface area contributed by atoms with Crippen LogP contribution in [0.5, 0.6) is 11.5 Å². The first kappa shape index (κ1) is 17.1. The molecule has 0 atom stereocenters. The second-order valence-electron chi connectivity index (χ2n) is 5.82. The normalized spacial score (nSPS) is 16.3. The van der Waals surface area contributed by atoms with Gasteiger partial charge in [-0.2, -0.15) is 0 Å². The van der Waals surface area contributed by atoms with Gasteiger partial charge < -0.3 is 19.5 Å². The summed E-state index contributed by atoms with van der Waals surface area (Å²) in [5.41, 5.74) is 1.94. The molecule has 0 saturated heterocycles. The molecule has 27 heavy (non-hydrogen) atoms. The van der Waals surface area contributed by atoms with Crippen LogP contribution >= 0.6 is 11.6 Å². The third kappa shape index (κ3) is 3.50. The molecule has 0 spiro atoms. The van der Waals surface area contributed by atoms with Gasteiger partial charge in [-0.3, -0.25) is 4.79 Å². The summed E-state index contributed by atoms with van der Waals surface area (Å²) in [7, 11) is 0. The summed E-state index contributed by atoms with van der Waals surface area (Å²) in [5.74, 6) is 0.537. The highest BCUT2D eigenvalue weighted by molar-refractivity contribution is 6.32. The molecule has 0 radical (unpaired) electrons. The molecule has 7 nitrogen and oxygen atoms in total. The molecule has 1 N–H and O–H groups in total. The van der Waals surface area contributed by atoms with Gasteiger partial charge in [0.15, 0.2) is 17.2 Å². The van der Waals surface area contributed by atoms with E-state index in [4.69, 9.17) is 25.8 Å². The van der Waals surface area contributed by atoms with Gasteiger partial charge in [-0.15, -0.1) is 0 Å². The van der Waals surface area contributed by atoms with Crippen molar-refractivity contribution in [2.24, 2.45) is 4.99 Å². The van der Waals surface area contributed by atoms with E-state index in [1.807, 2.05) is 0 Å². The Labute approximate surface area is 159 Å². The van der Waals surface area contributed by atoms with E-state index in [1.54, 1.807) is 36.4 Å². The lowest BCUT2D eigenvalue weighted by molar-refractivity contribution is -0.129. The smallest absolute Gasteiger partial charge is 0.363 e. The van der Waals surface area contributed by atoms with Crippen molar-refractivity contribution in [2.75, 3.05) is 12.1 Å². The van der Waals surface area contributed by atoms with Crippen LogP contribution in [0.4, 0.5) is 5.69 Å². The largest absolute Gasteiger partial charge is 0.454 e. The first-order chi connectivity index (χ1) is 13.0. The Balaban J connectivity index is 1.61. The molecule has 0 fully saturated rings. The van der Waals surface area contributed by atoms with Crippen LogP contribution in [0, 0.1) is 0 Å². The molecule has 2 aliphatic heterocycles. The number of esters is 1. The van der Waals surface area contributed by atoms with Gasteiger partial charge in [-0.1, -0.05) is 11.6 Å². The van der Waals surface area contributed by atoms with Gasteiger partial charge in [0.25, 0.3) is 0 Å². The number of carbonyl (C=O) groups is 2. The Hall–Kier alpha value is -3.32. The predicted molar refractivity (Wildman–Crippen MR) is 98.9 cm³/mol. The van der Waals surface area contributed by atoms with Crippen LogP contribution < -0.4 is 14.8 Å². The summed E-state index contributed by atoms with van der Waals surface area (Å²) >= 11 is 6.23. The topological polar surface area (TPSA) is 86.2 Å². The number of ether oxygens (including phenoxy) is 3. The minimum Gasteiger partial charge on any atom is -0.454 e. The minimum atomic E-state index is -0.579. The van der Waals surface area contributed by atoms with Crippen molar-refractivity contribution in [3.63, 3.8) is 0 Å². The van der Waals surface area contributed by atoms with E-state index >= 15 is 0 Å². The third-order valence-electron chi connectivity index (χ3n) is 3.86. The fourth-order valence-corrected chi connectivity index (χ4v) is 2.83. The maximum atomic E-state index is 12.2. The number of rotatable bonds is 3. The summed E-state index contributed by atoms with van der Waals surface area (Å²) in [6.45, 7) is 1.56. The maximum Gasteiger partial charge on any atom is 0.363 e. The Kier molecular flexibility index (Phi) is 4.29. The molecule has 2 aromatic rings. The molecular weight excluding hydrogens is 372 g/mol. The molecule has 4 rings (SSSR count). The van der Waals surface area contributed by atoms with Gasteiger partial charge in [0.1, 0.15) is 0 Å². The highest BCUT2D eigenvalue weighted by Crippen LogP contribution is 2.38. The van der Waals surface area contributed by atoms with Crippen LogP contribution in [-0.4, -0.2) is 24.6 Å². The molecule has 1 amide bonds. The molecule has 0 saturated carbocycles. The van der Waals surface area contributed by atoms with Crippen molar-refractivity contribution in [3.05, 3.63) is 58.2 Å². The zero-order chi connectivity index (χ0) is 19.0. The van der Waals surface area contributed by atoms with Crippen LogP contribution in [0.2, 0.25) is 5.02 Å². The van der Waals surface area contributed by atoms with Crippen molar-refractivity contribution in [1.29, 1.82) is 0 Å². The second kappa shape index (κ2) is 6.77. The Morgan fingerprint density at radius 1 is 1.19 bits per heavy atom. The summed E-state index contributed by atoms with van der Waals surface area (Å²) in [4.78, 5) is 27.5. The number of aliphatic imine (C=N–C) groups is 1. The van der Waals surface area contributed by atoms with Crippen LogP contribution in [0.25, 0.3) is 6.08 Å². The molecule has 0 aromatic heterocycles. The summed E-state index contributed by atoms with van der Waals surface area (Å²) in [5, 5.41) is 3.07. The fraction of sp³-hybridized carbons (Fsp3) is 0.105. The molecule has 2 aliphatic rings. The molecule has 2 aromatic carbocycles. The number of halogens is 1. The van der Waals surface area contributed by atoms with E-state index in [-0.39, 0.29) is 24.3 Å². The van der Waals surface area contributed by atoms with Crippen LogP contribution in [0.1, 0.15) is 18.1 Å². The lowest BCUT2D eigenvalue weighted by Gasteiger charge is -2.03. The number of carbonyl (C=O) groups excluding carboxylic acids is 2. The number of hydrogen-bond donors (Lipinski definition) is 1. The summed E-state index contributed by atoms with van der Waals surface area (Å²) in [6.07, 6.45) is 1.53. The first-order valence-electron chi connectivity index (χ1n) is 7.99. The van der Waals surface area contributed by atoms with E-state index < -0.39 is 5.97 Å². The number of nitrogens with zero attached hydrogens (tertiary/aromatic N) is 1. The number of benzene rings is 2. The Morgan fingerprint density at radius 2 is 1.89 bits per heavy atom. The van der Waals surface area contributed by atoms with Crippen molar-refractivity contribution < 1.29 is 23.8 Å². The maximum absolute atomic E-state index is 12.2. The average molecular weight is 385 g/mol. The molecule has 0 bridgehead atoms. The highest BCUT2D eigenvalue weighted by Gasteiger charge is 2.25. The van der Waals surface area contributed by atoms with E-state index in [2.05, 4.69) is 10.3 Å². The highest BCUT2D eigenvalue weighted by atomic mass is 35.5. The number of hydrogen-bond acceptors (Lipinski definition) is 6. The van der Waals surface area contributed by atoms with Crippen molar-refractivity contribution in [1.82, 2.24) is 0 Å². The van der Waals surface area contributed by atoms with Gasteiger partial charge in [-0.25, -0.2) is 9.79 Å². The lowest BCUT2D eigenvalue weighted by atomic mass is 10.1. The summed E-state index contributed by atoms with van der Waals surface area (Å²) < 4.78 is 15.8. The molecule has 8 heteroatoms. The standard InChI is InChI=1S/C19H13ClN2O5/c1-10(23)21-13-4-2-11(3-5-13)18-22-15(19(24)27-18)6-12-7-16-17(8-14(12)20)26-9-25-16/h2-8H,9H2,1H3,(H,21,23)/b15-6+. The fourth-order valence-electron chi connectivity index (χ4n) is 2.62. The van der Waals surface area contributed by atoms with Gasteiger partial charge in [0.2, 0.25) is 18.6 Å². The average Bonchev–Trinajstić information content (AvgIpc) is 3.22. The number of amides is 1. The van der Waals surface area contributed by atoms with Crippen molar-refractivity contribution in [3.8, 4) is 11.5 Å². The monoisotopic (exact) mass is 384 g/mol. The van der Waals surface area contributed by atoms with Crippen LogP contribution in [-0.2, 0) is 14.3 Å². The Bertz CT molecular complexity index is 1010. The quantitative estimate of drug-likeness (QED) is 0.647. The van der Waals surface area contributed by atoms with Crippen LogP contribution in [0.3, 0.4) is 0 Å². The summed E-state index contributed by atoms with van der Waals surface area (Å²) in [6, 6.07) is 10.1. The number of cyclic esters (lactones) is 1. The van der Waals surface area contributed by atoms with E-state index in [0.29, 0.717) is 33.3 Å². The van der Waals surface area contributed by atoms with E-state index in [1.165, 1.54) is 13.0 Å². The van der Waals surface area contributed by atoms with Crippen molar-refractivity contribution in [2.45, 2.75) is 6.92 Å². The zero-order valence-electron chi connectivity index (χ0n) is 14.1. The minimum absolute atomic E-state index is 0.122. The molecule has 2 heterocycles. The molecule has 0 aliphatic carbocycles. The molecular formula is C19H13ClN2O5. The third-order valence-corrected chi connectivity index (χ3v) is 4.18. The van der Waals surface area contributed by atoms with Gasteiger partial charge in [0.05, 0.1) is 5.02 Å². The SMILES string of the molecule is CC(=O)Nc1ccc(C2=N/C(=C/c3cc4c(cc3Cl)OCO4)C(=O)O2)cc1. The van der Waals surface area contributed by atoms with Gasteiger partial charge in [0, 0.05) is 24.2 Å². The predicted octanol–water partition coefficient (Wildman–Crippen LogP) is 3.37. The number of anilines is 1. The number of fused-ring (bicyclic) bond motifs is 1. The van der Waals surface area contributed by atoms with Crippen molar-refractivity contribution >= 4 is 41.1 Å². The lowest BCUT2D eigenvalue weighted by Crippen LogP contribution is -2.07. The van der Waals surface area contributed by atoms with E-state index in [9.17, 15) is 9.59 Å². The molecule has 136 valence electrons. The second-order valence-corrected chi connectivity index (χ2v) is 6.23. The Morgan fingerprint density at radius 3 is 2.59 bits per heavy atom. The van der Waals surface area contributed by atoms with Gasteiger partial charge in [-0.05, 0) is 42.0 Å². The number of nitrogens with one attached hydrogen (secondary N) is 1. The first-order valence-corrected chi connectivity index (χ1v) is 8.37. The van der Waals surface area contributed by atoms with Gasteiger partial charge >= 0.3 is 5.97 Å². The molecule has 0 unspecified atom stereocenters.